The van der Waals surface area contributed by atoms with Crippen molar-refractivity contribution in [3.8, 4) is 5.75 Å². The van der Waals surface area contributed by atoms with Gasteiger partial charge >= 0.3 is 0 Å². The molecule has 2 aromatic carbocycles. The number of rotatable bonds is 6. The van der Waals surface area contributed by atoms with Crippen LogP contribution in [-0.4, -0.2) is 36.6 Å². The molecule has 29 heavy (non-hydrogen) atoms. The lowest BCUT2D eigenvalue weighted by molar-refractivity contribution is -0.0124. The highest BCUT2D eigenvalue weighted by Gasteiger charge is 2.25. The number of hydrogen-bond donors (Lipinski definition) is 0. The van der Waals surface area contributed by atoms with E-state index in [-0.39, 0.29) is 23.8 Å². The van der Waals surface area contributed by atoms with Crippen molar-refractivity contribution in [3.63, 3.8) is 0 Å². The van der Waals surface area contributed by atoms with Crippen molar-refractivity contribution in [1.82, 2.24) is 4.90 Å². The molecule has 0 N–H and O–H groups in total. The van der Waals surface area contributed by atoms with E-state index in [2.05, 4.69) is 39.8 Å². The quantitative estimate of drug-likeness (QED) is 0.660. The van der Waals surface area contributed by atoms with Crippen molar-refractivity contribution in [2.45, 2.75) is 59.2 Å². The lowest BCUT2D eigenvalue weighted by Gasteiger charge is -2.32. The Morgan fingerprint density at radius 1 is 1.10 bits per heavy atom. The summed E-state index contributed by atoms with van der Waals surface area (Å²) in [5.41, 5.74) is 4.08. The summed E-state index contributed by atoms with van der Waals surface area (Å²) in [7, 11) is 0. The van der Waals surface area contributed by atoms with Crippen LogP contribution in [0.5, 0.6) is 5.75 Å². The van der Waals surface area contributed by atoms with Crippen LogP contribution in [0.2, 0.25) is 0 Å². The number of amides is 1. The van der Waals surface area contributed by atoms with Gasteiger partial charge in [0.25, 0.3) is 5.91 Å². The van der Waals surface area contributed by atoms with Gasteiger partial charge < -0.3 is 14.4 Å². The third-order valence-electron chi connectivity index (χ3n) is 5.39. The smallest absolute Gasteiger partial charge is 0.254 e. The van der Waals surface area contributed by atoms with Crippen molar-refractivity contribution >= 4 is 5.91 Å². The largest absolute Gasteiger partial charge is 0.488 e. The van der Waals surface area contributed by atoms with Gasteiger partial charge in [-0.25, -0.2) is 0 Å². The number of morpholine rings is 1. The van der Waals surface area contributed by atoms with Crippen molar-refractivity contribution in [2.75, 3.05) is 19.7 Å². The van der Waals surface area contributed by atoms with Crippen molar-refractivity contribution in [3.05, 3.63) is 64.7 Å². The summed E-state index contributed by atoms with van der Waals surface area (Å²) in [6.45, 7) is 13.0. The molecule has 1 aliphatic heterocycles. The van der Waals surface area contributed by atoms with E-state index in [0.29, 0.717) is 26.3 Å². The molecule has 0 aromatic heterocycles. The van der Waals surface area contributed by atoms with Gasteiger partial charge in [0.1, 0.15) is 12.4 Å². The molecular weight excluding hydrogens is 362 g/mol. The van der Waals surface area contributed by atoms with Crippen LogP contribution in [0, 0.1) is 0 Å². The molecule has 1 atom stereocenters. The van der Waals surface area contributed by atoms with Crippen molar-refractivity contribution < 1.29 is 14.3 Å². The number of nitrogens with zero attached hydrogens (tertiary/aromatic N) is 1. The summed E-state index contributed by atoms with van der Waals surface area (Å²) in [5, 5.41) is 0. The van der Waals surface area contributed by atoms with Crippen molar-refractivity contribution in [2.24, 2.45) is 0 Å². The van der Waals surface area contributed by atoms with Gasteiger partial charge in [0.15, 0.2) is 0 Å². The fourth-order valence-electron chi connectivity index (χ4n) is 3.74. The lowest BCUT2D eigenvalue weighted by atomic mass is 9.91. The Bertz CT molecular complexity index is 800. The molecule has 3 rings (SSSR count). The molecular formula is C25H33NO3. The Morgan fingerprint density at radius 3 is 2.28 bits per heavy atom. The maximum atomic E-state index is 13.2. The Balaban J connectivity index is 1.94. The zero-order valence-corrected chi connectivity index (χ0v) is 18.3. The molecule has 0 unspecified atom stereocenters. The molecule has 4 nitrogen and oxygen atoms in total. The molecule has 1 fully saturated rings. The molecule has 1 aliphatic rings. The molecule has 156 valence electrons. The highest BCUT2D eigenvalue weighted by atomic mass is 16.5. The number of benzene rings is 2. The average Bonchev–Trinajstić information content (AvgIpc) is 2.71. The SMILES string of the molecule is CC(C)c1cc(C(=O)N2CCO[C@H](C)C2)cc(C(C)C)c1OCc1ccccc1. The van der Waals surface area contributed by atoms with Gasteiger partial charge in [0.2, 0.25) is 0 Å². The van der Waals surface area contributed by atoms with Crippen LogP contribution in [0.3, 0.4) is 0 Å². The molecule has 1 amide bonds. The summed E-state index contributed by atoms with van der Waals surface area (Å²) in [4.78, 5) is 15.1. The molecule has 0 saturated carbocycles. The average molecular weight is 396 g/mol. The summed E-state index contributed by atoms with van der Waals surface area (Å²) in [5.74, 6) is 1.52. The zero-order chi connectivity index (χ0) is 21.0. The normalized spacial score (nSPS) is 17.1. The Kier molecular flexibility index (Phi) is 6.96. The molecule has 0 radical (unpaired) electrons. The van der Waals surface area contributed by atoms with Crippen LogP contribution >= 0.6 is 0 Å². The molecule has 0 bridgehead atoms. The highest BCUT2D eigenvalue weighted by Crippen LogP contribution is 2.37. The standard InChI is InChI=1S/C25H33NO3/c1-17(2)22-13-21(25(27)26-11-12-28-19(5)15-26)14-23(18(3)4)24(22)29-16-20-9-7-6-8-10-20/h6-10,13-14,17-19H,11-12,15-16H2,1-5H3/t19-/m1/s1. The molecule has 1 saturated heterocycles. The van der Waals surface area contributed by atoms with Crippen LogP contribution in [0.4, 0.5) is 0 Å². The molecule has 0 spiro atoms. The monoisotopic (exact) mass is 395 g/mol. The fourth-order valence-corrected chi connectivity index (χ4v) is 3.74. The second-order valence-corrected chi connectivity index (χ2v) is 8.50. The predicted molar refractivity (Wildman–Crippen MR) is 117 cm³/mol. The van der Waals surface area contributed by atoms with E-state index in [4.69, 9.17) is 9.47 Å². The highest BCUT2D eigenvalue weighted by molar-refractivity contribution is 5.95. The minimum absolute atomic E-state index is 0.0790. The number of hydrogen-bond acceptors (Lipinski definition) is 3. The Labute approximate surface area is 174 Å². The van der Waals surface area contributed by atoms with E-state index in [9.17, 15) is 4.79 Å². The van der Waals surface area contributed by atoms with E-state index >= 15 is 0 Å². The third-order valence-corrected chi connectivity index (χ3v) is 5.39. The first kappa shape index (κ1) is 21.4. The van der Waals surface area contributed by atoms with Crippen LogP contribution in [0.25, 0.3) is 0 Å². The summed E-state index contributed by atoms with van der Waals surface area (Å²) in [6.07, 6.45) is 0.0790. The molecule has 4 heteroatoms. The van der Waals surface area contributed by atoms with Gasteiger partial charge in [-0.2, -0.15) is 0 Å². The van der Waals surface area contributed by atoms with Crippen LogP contribution in [0.1, 0.15) is 73.5 Å². The van der Waals surface area contributed by atoms with Crippen molar-refractivity contribution in [1.29, 1.82) is 0 Å². The minimum atomic E-state index is 0.0790. The summed E-state index contributed by atoms with van der Waals surface area (Å²) >= 11 is 0. The van der Waals surface area contributed by atoms with Crippen LogP contribution < -0.4 is 4.74 Å². The second-order valence-electron chi connectivity index (χ2n) is 8.50. The maximum absolute atomic E-state index is 13.2. The van der Waals surface area contributed by atoms with E-state index in [0.717, 1.165) is 28.0 Å². The fraction of sp³-hybridized carbons (Fsp3) is 0.480. The van der Waals surface area contributed by atoms with Gasteiger partial charge in [0, 0.05) is 18.7 Å². The van der Waals surface area contributed by atoms with Gasteiger partial charge in [-0.3, -0.25) is 4.79 Å². The first-order chi connectivity index (χ1) is 13.9. The Morgan fingerprint density at radius 2 is 1.72 bits per heavy atom. The molecule has 0 aliphatic carbocycles. The van der Waals surface area contributed by atoms with E-state index in [1.807, 2.05) is 42.2 Å². The van der Waals surface area contributed by atoms with Gasteiger partial charge in [0.05, 0.1) is 12.7 Å². The minimum Gasteiger partial charge on any atom is -0.488 e. The number of ether oxygens (including phenoxy) is 2. The summed E-state index contributed by atoms with van der Waals surface area (Å²) in [6, 6.07) is 14.3. The Hall–Kier alpha value is -2.33. The van der Waals surface area contributed by atoms with Crippen LogP contribution in [-0.2, 0) is 11.3 Å². The molecule has 1 heterocycles. The van der Waals surface area contributed by atoms with E-state index in [1.54, 1.807) is 0 Å². The van der Waals surface area contributed by atoms with Crippen LogP contribution in [0.15, 0.2) is 42.5 Å². The zero-order valence-electron chi connectivity index (χ0n) is 18.3. The second kappa shape index (κ2) is 9.45. The predicted octanol–water partition coefficient (Wildman–Crippen LogP) is 5.37. The number of carbonyl (C=O) groups is 1. The topological polar surface area (TPSA) is 38.8 Å². The van der Waals surface area contributed by atoms with E-state index < -0.39 is 0 Å². The number of carbonyl (C=O) groups excluding carboxylic acids is 1. The van der Waals surface area contributed by atoms with Gasteiger partial charge in [-0.05, 0) is 47.6 Å². The lowest BCUT2D eigenvalue weighted by Crippen LogP contribution is -2.44. The third kappa shape index (κ3) is 5.18. The summed E-state index contributed by atoms with van der Waals surface area (Å²) < 4.78 is 11.9. The van der Waals surface area contributed by atoms with Gasteiger partial charge in [-0.15, -0.1) is 0 Å². The van der Waals surface area contributed by atoms with E-state index in [1.165, 1.54) is 0 Å². The first-order valence-electron chi connectivity index (χ1n) is 10.6. The first-order valence-corrected chi connectivity index (χ1v) is 10.6. The maximum Gasteiger partial charge on any atom is 0.254 e. The molecule has 2 aromatic rings. The van der Waals surface area contributed by atoms with Gasteiger partial charge in [-0.1, -0.05) is 58.0 Å².